The minimum Gasteiger partial charge on any atom is -0.342 e. The third kappa shape index (κ3) is 3.00. The standard InChI is InChI=1S/C20H21N7O/c28-19(27-17(6-9-24-27)14-4-2-1-3-5-14)15-7-10-26(11-8-15)20-21-12-16-18(25-20)23-13-22-16/h1-5,9,12-13,15,17H,6-8,10-11H2,(H,21,22,23,25)/t17-/m0/s1. The van der Waals surface area contributed by atoms with Crippen LogP contribution in [0, 0.1) is 5.92 Å². The van der Waals surface area contributed by atoms with Crippen LogP contribution in [-0.2, 0) is 4.79 Å². The maximum Gasteiger partial charge on any atom is 0.246 e. The van der Waals surface area contributed by atoms with E-state index >= 15 is 0 Å². The molecule has 2 aliphatic heterocycles. The number of H-pyrrole nitrogens is 1. The molecule has 142 valence electrons. The molecule has 1 aromatic carbocycles. The summed E-state index contributed by atoms with van der Waals surface area (Å²) in [5.41, 5.74) is 2.62. The van der Waals surface area contributed by atoms with E-state index in [0.29, 0.717) is 11.6 Å². The molecule has 0 aliphatic carbocycles. The highest BCUT2D eigenvalue weighted by Gasteiger charge is 2.35. The van der Waals surface area contributed by atoms with Gasteiger partial charge in [0.25, 0.3) is 0 Å². The van der Waals surface area contributed by atoms with E-state index in [1.165, 1.54) is 0 Å². The number of fused-ring (bicyclic) bond motifs is 1. The van der Waals surface area contributed by atoms with Gasteiger partial charge in [0.15, 0.2) is 5.65 Å². The van der Waals surface area contributed by atoms with Gasteiger partial charge in [-0.3, -0.25) is 4.79 Å². The van der Waals surface area contributed by atoms with E-state index in [9.17, 15) is 4.79 Å². The number of rotatable bonds is 3. The second kappa shape index (κ2) is 7.03. The fraction of sp³-hybridized carbons (Fsp3) is 0.350. The van der Waals surface area contributed by atoms with Gasteiger partial charge in [0, 0.05) is 31.6 Å². The maximum absolute atomic E-state index is 13.1. The van der Waals surface area contributed by atoms with Gasteiger partial charge in [0.1, 0.15) is 5.52 Å². The molecule has 1 amide bonds. The Balaban J connectivity index is 1.26. The quantitative estimate of drug-likeness (QED) is 0.760. The molecule has 0 saturated carbocycles. The zero-order chi connectivity index (χ0) is 18.9. The van der Waals surface area contributed by atoms with Gasteiger partial charge in [-0.2, -0.15) is 10.1 Å². The molecule has 1 atom stereocenters. The lowest BCUT2D eigenvalue weighted by Gasteiger charge is -2.33. The summed E-state index contributed by atoms with van der Waals surface area (Å²) in [6.07, 6.45) is 7.53. The molecule has 1 fully saturated rings. The SMILES string of the molecule is O=C(C1CCN(c2ncc3[nH]cnc3n2)CC1)N1N=CC[C@H]1c1ccccc1. The first kappa shape index (κ1) is 16.9. The predicted octanol–water partition coefficient (Wildman–Crippen LogP) is 2.53. The van der Waals surface area contributed by atoms with Gasteiger partial charge in [-0.1, -0.05) is 30.3 Å². The topological polar surface area (TPSA) is 90.4 Å². The molecule has 3 aromatic rings. The van der Waals surface area contributed by atoms with E-state index in [-0.39, 0.29) is 17.9 Å². The van der Waals surface area contributed by atoms with Crippen LogP contribution in [0.5, 0.6) is 0 Å². The number of hydrogen-bond acceptors (Lipinski definition) is 6. The summed E-state index contributed by atoms with van der Waals surface area (Å²) in [7, 11) is 0. The van der Waals surface area contributed by atoms with Crippen molar-refractivity contribution in [3.8, 4) is 0 Å². The van der Waals surface area contributed by atoms with Crippen LogP contribution in [0.3, 0.4) is 0 Å². The van der Waals surface area contributed by atoms with E-state index < -0.39 is 0 Å². The zero-order valence-corrected chi connectivity index (χ0v) is 15.4. The van der Waals surface area contributed by atoms with Gasteiger partial charge in [-0.15, -0.1) is 0 Å². The van der Waals surface area contributed by atoms with Gasteiger partial charge < -0.3 is 9.88 Å². The highest BCUT2D eigenvalue weighted by atomic mass is 16.2. The summed E-state index contributed by atoms with van der Waals surface area (Å²) in [5, 5.41) is 6.07. The van der Waals surface area contributed by atoms with E-state index in [2.05, 4.69) is 42.1 Å². The van der Waals surface area contributed by atoms with Crippen molar-refractivity contribution in [1.82, 2.24) is 24.9 Å². The Kier molecular flexibility index (Phi) is 4.23. The Bertz CT molecular complexity index is 1010. The smallest absolute Gasteiger partial charge is 0.246 e. The van der Waals surface area contributed by atoms with Crippen LogP contribution in [0.15, 0.2) is 48.0 Å². The summed E-state index contributed by atoms with van der Waals surface area (Å²) < 4.78 is 0. The number of amides is 1. The van der Waals surface area contributed by atoms with Crippen molar-refractivity contribution in [2.75, 3.05) is 18.0 Å². The highest BCUT2D eigenvalue weighted by Crippen LogP contribution is 2.32. The van der Waals surface area contributed by atoms with Crippen LogP contribution in [0.1, 0.15) is 30.9 Å². The Morgan fingerprint density at radius 3 is 2.75 bits per heavy atom. The zero-order valence-electron chi connectivity index (χ0n) is 15.4. The average molecular weight is 375 g/mol. The van der Waals surface area contributed by atoms with Crippen LogP contribution < -0.4 is 4.90 Å². The molecular weight excluding hydrogens is 354 g/mol. The average Bonchev–Trinajstić information content (AvgIpc) is 3.43. The van der Waals surface area contributed by atoms with Gasteiger partial charge in [0.2, 0.25) is 11.9 Å². The monoisotopic (exact) mass is 375 g/mol. The summed E-state index contributed by atoms with van der Waals surface area (Å²) in [6.45, 7) is 1.50. The molecule has 2 aliphatic rings. The molecule has 1 N–H and O–H groups in total. The fourth-order valence-corrected chi connectivity index (χ4v) is 3.97. The number of imidazole rings is 1. The van der Waals surface area contributed by atoms with Crippen LogP contribution in [0.25, 0.3) is 11.2 Å². The van der Waals surface area contributed by atoms with E-state index in [1.54, 1.807) is 17.5 Å². The van der Waals surface area contributed by atoms with Crippen molar-refractivity contribution in [1.29, 1.82) is 0 Å². The summed E-state index contributed by atoms with van der Waals surface area (Å²) >= 11 is 0. The third-order valence-electron chi connectivity index (χ3n) is 5.53. The third-order valence-corrected chi connectivity index (χ3v) is 5.53. The Morgan fingerprint density at radius 2 is 1.93 bits per heavy atom. The number of aromatic nitrogens is 4. The van der Waals surface area contributed by atoms with E-state index in [4.69, 9.17) is 0 Å². The second-order valence-corrected chi connectivity index (χ2v) is 7.21. The summed E-state index contributed by atoms with van der Waals surface area (Å²) in [5.74, 6) is 0.768. The Labute approximate surface area is 162 Å². The number of aromatic amines is 1. The summed E-state index contributed by atoms with van der Waals surface area (Å²) in [4.78, 5) is 31.4. The molecule has 0 radical (unpaired) electrons. The van der Waals surface area contributed by atoms with Crippen LogP contribution in [-0.4, -0.2) is 50.2 Å². The van der Waals surface area contributed by atoms with Crippen LogP contribution >= 0.6 is 0 Å². The number of hydrogen-bond donors (Lipinski definition) is 1. The number of benzene rings is 1. The molecule has 0 unspecified atom stereocenters. The van der Waals surface area contributed by atoms with Crippen molar-refractivity contribution < 1.29 is 4.79 Å². The van der Waals surface area contributed by atoms with Crippen molar-refractivity contribution in [2.45, 2.75) is 25.3 Å². The van der Waals surface area contributed by atoms with E-state index in [1.807, 2.05) is 24.4 Å². The number of piperidine rings is 1. The van der Waals surface area contributed by atoms with Crippen molar-refractivity contribution >= 4 is 29.2 Å². The molecule has 2 aromatic heterocycles. The molecular formula is C20H21N7O. The van der Waals surface area contributed by atoms with Gasteiger partial charge in [0.05, 0.1) is 18.6 Å². The van der Waals surface area contributed by atoms with Crippen LogP contribution in [0.2, 0.25) is 0 Å². The Morgan fingerprint density at radius 1 is 1.11 bits per heavy atom. The largest absolute Gasteiger partial charge is 0.342 e. The maximum atomic E-state index is 13.1. The number of carbonyl (C=O) groups excluding carboxylic acids is 1. The lowest BCUT2D eigenvalue weighted by Crippen LogP contribution is -2.41. The number of carbonyl (C=O) groups is 1. The molecule has 5 rings (SSSR count). The normalized spacial score (nSPS) is 20.2. The van der Waals surface area contributed by atoms with Crippen LogP contribution in [0.4, 0.5) is 5.95 Å². The second-order valence-electron chi connectivity index (χ2n) is 7.21. The predicted molar refractivity (Wildman–Crippen MR) is 106 cm³/mol. The van der Waals surface area contributed by atoms with Crippen molar-refractivity contribution in [3.63, 3.8) is 0 Å². The highest BCUT2D eigenvalue weighted by molar-refractivity contribution is 5.82. The lowest BCUT2D eigenvalue weighted by molar-refractivity contribution is -0.138. The van der Waals surface area contributed by atoms with Crippen molar-refractivity contribution in [2.24, 2.45) is 11.0 Å². The van der Waals surface area contributed by atoms with E-state index in [0.717, 1.165) is 43.4 Å². The number of nitrogens with zero attached hydrogens (tertiary/aromatic N) is 6. The van der Waals surface area contributed by atoms with Crippen molar-refractivity contribution in [3.05, 3.63) is 48.4 Å². The minimum absolute atomic E-state index is 0.0112. The number of hydrazone groups is 1. The lowest BCUT2D eigenvalue weighted by atomic mass is 9.94. The molecule has 0 spiro atoms. The first-order chi connectivity index (χ1) is 13.8. The van der Waals surface area contributed by atoms with Gasteiger partial charge in [-0.25, -0.2) is 15.0 Å². The molecule has 8 nitrogen and oxygen atoms in total. The first-order valence-corrected chi connectivity index (χ1v) is 9.61. The minimum atomic E-state index is -0.0215. The van der Waals surface area contributed by atoms with Gasteiger partial charge >= 0.3 is 0 Å². The first-order valence-electron chi connectivity index (χ1n) is 9.61. The summed E-state index contributed by atoms with van der Waals surface area (Å²) in [6, 6.07) is 10.1. The van der Waals surface area contributed by atoms with Gasteiger partial charge in [-0.05, 0) is 18.4 Å². The number of anilines is 1. The Hall–Kier alpha value is -3.29. The number of nitrogens with one attached hydrogen (secondary N) is 1. The fourth-order valence-electron chi connectivity index (χ4n) is 3.97. The molecule has 28 heavy (non-hydrogen) atoms. The molecule has 8 heteroatoms. The molecule has 1 saturated heterocycles. The molecule has 0 bridgehead atoms. The molecule has 4 heterocycles.